The van der Waals surface area contributed by atoms with E-state index in [1.807, 2.05) is 27.7 Å². The normalized spacial score (nSPS) is 18.2. The number of rotatable bonds is 7. The predicted octanol–water partition coefficient (Wildman–Crippen LogP) is 1.92. The van der Waals surface area contributed by atoms with Gasteiger partial charge in [0.25, 0.3) is 0 Å². The monoisotopic (exact) mass is 204 g/mol. The van der Waals surface area contributed by atoms with Gasteiger partial charge in [0.1, 0.15) is 0 Å². The van der Waals surface area contributed by atoms with Crippen molar-refractivity contribution >= 4 is 0 Å². The van der Waals surface area contributed by atoms with Crippen molar-refractivity contribution in [3.8, 4) is 0 Å². The molecule has 0 fully saturated rings. The van der Waals surface area contributed by atoms with Gasteiger partial charge in [-0.15, -0.1) is 0 Å². The average molecular weight is 204 g/mol. The first-order valence-corrected chi connectivity index (χ1v) is 5.54. The smallest absolute Gasteiger partial charge is 0.160 e. The van der Waals surface area contributed by atoms with Crippen LogP contribution in [-0.2, 0) is 4.74 Å². The maximum Gasteiger partial charge on any atom is 0.160 e. The molecule has 3 heteroatoms. The van der Waals surface area contributed by atoms with Crippen LogP contribution in [0.4, 0.5) is 0 Å². The fourth-order valence-electron chi connectivity index (χ4n) is 1.55. The lowest BCUT2D eigenvalue weighted by atomic mass is 9.95. The van der Waals surface area contributed by atoms with Crippen LogP contribution in [0.5, 0.6) is 0 Å². The van der Waals surface area contributed by atoms with Crippen LogP contribution >= 0.6 is 0 Å². The minimum Gasteiger partial charge on any atom is -0.393 e. The van der Waals surface area contributed by atoms with Crippen molar-refractivity contribution in [2.45, 2.75) is 65.5 Å². The maximum atomic E-state index is 9.75. The first kappa shape index (κ1) is 13.9. The van der Waals surface area contributed by atoms with Crippen molar-refractivity contribution in [1.29, 1.82) is 0 Å². The number of hydrogen-bond donors (Lipinski definition) is 2. The summed E-state index contributed by atoms with van der Waals surface area (Å²) < 4.78 is 5.27. The van der Waals surface area contributed by atoms with Crippen LogP contribution in [0, 0.1) is 5.92 Å². The van der Waals surface area contributed by atoms with E-state index in [1.165, 1.54) is 0 Å². The zero-order valence-corrected chi connectivity index (χ0v) is 9.73. The molecule has 0 aliphatic carbocycles. The van der Waals surface area contributed by atoms with Gasteiger partial charge in [-0.3, -0.25) is 0 Å². The first-order chi connectivity index (χ1) is 6.52. The topological polar surface area (TPSA) is 49.7 Å². The summed E-state index contributed by atoms with van der Waals surface area (Å²) in [4.78, 5) is 0. The molecule has 0 radical (unpaired) electrons. The Kier molecular flexibility index (Phi) is 7.15. The molecule has 0 amide bonds. The number of aliphatic hydroxyl groups is 2. The summed E-state index contributed by atoms with van der Waals surface area (Å²) >= 11 is 0. The predicted molar refractivity (Wildman–Crippen MR) is 56.9 cm³/mol. The minimum absolute atomic E-state index is 0.00660. The second-order valence-electron chi connectivity index (χ2n) is 4.00. The molecule has 0 aliphatic rings. The van der Waals surface area contributed by atoms with Crippen molar-refractivity contribution in [1.82, 2.24) is 0 Å². The lowest BCUT2D eigenvalue weighted by molar-refractivity contribution is -0.178. The standard InChI is InChI=1S/C11H24O3/c1-5-7-10(12)9(6-2)11(13)14-8(3)4/h8-13H,5-7H2,1-4H3. The molecule has 0 saturated carbocycles. The van der Waals surface area contributed by atoms with E-state index in [2.05, 4.69) is 0 Å². The SMILES string of the molecule is CCCC(O)C(CC)C(O)OC(C)C. The van der Waals surface area contributed by atoms with Crippen LogP contribution < -0.4 is 0 Å². The lowest BCUT2D eigenvalue weighted by Gasteiger charge is -2.27. The van der Waals surface area contributed by atoms with Crippen molar-refractivity contribution in [3.05, 3.63) is 0 Å². The fourth-order valence-corrected chi connectivity index (χ4v) is 1.55. The third kappa shape index (κ3) is 4.94. The molecule has 0 bridgehead atoms. The molecular formula is C11H24O3. The highest BCUT2D eigenvalue weighted by molar-refractivity contribution is 4.70. The molecule has 0 aromatic carbocycles. The zero-order chi connectivity index (χ0) is 11.1. The zero-order valence-electron chi connectivity index (χ0n) is 9.73. The number of ether oxygens (including phenoxy) is 1. The molecule has 14 heavy (non-hydrogen) atoms. The minimum atomic E-state index is -0.846. The van der Waals surface area contributed by atoms with Gasteiger partial charge < -0.3 is 14.9 Å². The fraction of sp³-hybridized carbons (Fsp3) is 1.00. The maximum absolute atomic E-state index is 9.75. The van der Waals surface area contributed by atoms with Crippen molar-refractivity contribution in [2.24, 2.45) is 5.92 Å². The molecule has 2 N–H and O–H groups in total. The van der Waals surface area contributed by atoms with E-state index in [0.29, 0.717) is 0 Å². The van der Waals surface area contributed by atoms with Crippen LogP contribution in [0.1, 0.15) is 47.0 Å². The van der Waals surface area contributed by atoms with E-state index >= 15 is 0 Å². The van der Waals surface area contributed by atoms with Crippen molar-refractivity contribution in [2.75, 3.05) is 0 Å². The molecule has 0 rings (SSSR count). The van der Waals surface area contributed by atoms with Crippen LogP contribution in [0.3, 0.4) is 0 Å². The third-order valence-electron chi connectivity index (χ3n) is 2.33. The second kappa shape index (κ2) is 7.21. The second-order valence-corrected chi connectivity index (χ2v) is 4.00. The summed E-state index contributed by atoms with van der Waals surface area (Å²) in [5.74, 6) is -0.169. The largest absolute Gasteiger partial charge is 0.393 e. The third-order valence-corrected chi connectivity index (χ3v) is 2.33. The highest BCUT2D eigenvalue weighted by Gasteiger charge is 2.25. The summed E-state index contributed by atoms with van der Waals surface area (Å²) in [7, 11) is 0. The number of aliphatic hydroxyl groups excluding tert-OH is 2. The molecular weight excluding hydrogens is 180 g/mol. The van der Waals surface area contributed by atoms with Gasteiger partial charge in [0.15, 0.2) is 6.29 Å². The van der Waals surface area contributed by atoms with Crippen LogP contribution in [0.15, 0.2) is 0 Å². The molecule has 0 aliphatic heterocycles. The Morgan fingerprint density at radius 2 is 1.71 bits per heavy atom. The van der Waals surface area contributed by atoms with E-state index < -0.39 is 12.4 Å². The molecule has 0 saturated heterocycles. The average Bonchev–Trinajstić information content (AvgIpc) is 2.04. The van der Waals surface area contributed by atoms with E-state index in [4.69, 9.17) is 4.74 Å². The van der Waals surface area contributed by atoms with E-state index in [9.17, 15) is 10.2 Å². The Morgan fingerprint density at radius 3 is 2.07 bits per heavy atom. The van der Waals surface area contributed by atoms with Gasteiger partial charge in [0.2, 0.25) is 0 Å². The van der Waals surface area contributed by atoms with Gasteiger partial charge in [-0.05, 0) is 26.7 Å². The van der Waals surface area contributed by atoms with Gasteiger partial charge in [-0.2, -0.15) is 0 Å². The Balaban J connectivity index is 4.09. The van der Waals surface area contributed by atoms with Crippen molar-refractivity contribution in [3.63, 3.8) is 0 Å². The number of hydrogen-bond acceptors (Lipinski definition) is 3. The van der Waals surface area contributed by atoms with Crippen molar-refractivity contribution < 1.29 is 14.9 Å². The van der Waals surface area contributed by atoms with Gasteiger partial charge in [0.05, 0.1) is 12.2 Å². The molecule has 0 heterocycles. The van der Waals surface area contributed by atoms with E-state index in [1.54, 1.807) is 0 Å². The first-order valence-electron chi connectivity index (χ1n) is 5.54. The van der Waals surface area contributed by atoms with E-state index in [0.717, 1.165) is 19.3 Å². The molecule has 3 atom stereocenters. The summed E-state index contributed by atoms with van der Waals surface area (Å²) in [6.45, 7) is 7.73. The molecule has 3 unspecified atom stereocenters. The summed E-state index contributed by atoms with van der Waals surface area (Å²) in [6, 6.07) is 0. The van der Waals surface area contributed by atoms with Crippen LogP contribution in [-0.4, -0.2) is 28.7 Å². The Hall–Kier alpha value is -0.120. The highest BCUT2D eigenvalue weighted by Crippen LogP contribution is 2.19. The molecule has 3 nitrogen and oxygen atoms in total. The van der Waals surface area contributed by atoms with Gasteiger partial charge in [0, 0.05) is 5.92 Å². The Morgan fingerprint density at radius 1 is 1.14 bits per heavy atom. The summed E-state index contributed by atoms with van der Waals surface area (Å²) in [6.07, 6.45) is 1.06. The summed E-state index contributed by atoms with van der Waals surface area (Å²) in [5.41, 5.74) is 0. The van der Waals surface area contributed by atoms with Crippen LogP contribution in [0.25, 0.3) is 0 Å². The van der Waals surface area contributed by atoms with Gasteiger partial charge in [-0.1, -0.05) is 20.3 Å². The van der Waals surface area contributed by atoms with Crippen LogP contribution in [0.2, 0.25) is 0 Å². The molecule has 0 spiro atoms. The van der Waals surface area contributed by atoms with E-state index in [-0.39, 0.29) is 12.0 Å². The lowest BCUT2D eigenvalue weighted by Crippen LogP contribution is -2.34. The van der Waals surface area contributed by atoms with Gasteiger partial charge >= 0.3 is 0 Å². The Labute approximate surface area is 87.1 Å². The molecule has 0 aromatic rings. The molecule has 86 valence electrons. The molecule has 0 aromatic heterocycles. The summed E-state index contributed by atoms with van der Waals surface area (Å²) in [5, 5.41) is 19.4. The Bertz CT molecular complexity index is 136. The highest BCUT2D eigenvalue weighted by atomic mass is 16.6. The van der Waals surface area contributed by atoms with Gasteiger partial charge in [-0.25, -0.2) is 0 Å². The quantitative estimate of drug-likeness (QED) is 0.623.